The summed E-state index contributed by atoms with van der Waals surface area (Å²) in [6.07, 6.45) is 3.80. The SMILES string of the molecule is COc1ccc(/C=C/C#Cc2ccccc2[Si](O)(c2ccccc2)c2ccccc2)cc1. The van der Waals surface area contributed by atoms with Gasteiger partial charge in [-0.3, -0.25) is 0 Å². The van der Waals surface area contributed by atoms with E-state index in [-0.39, 0.29) is 0 Å². The first-order chi connectivity index (χ1) is 15.7. The third-order valence-corrected chi connectivity index (χ3v) is 8.94. The Morgan fingerprint density at radius 1 is 0.719 bits per heavy atom. The van der Waals surface area contributed by atoms with Crippen molar-refractivity contribution in [2.75, 3.05) is 7.11 Å². The van der Waals surface area contributed by atoms with Crippen LogP contribution in [0.1, 0.15) is 11.1 Å². The summed E-state index contributed by atoms with van der Waals surface area (Å²) in [6, 6.07) is 35.6. The van der Waals surface area contributed by atoms with E-state index in [1.807, 2.05) is 121 Å². The van der Waals surface area contributed by atoms with Crippen molar-refractivity contribution in [3.63, 3.8) is 0 Å². The number of benzene rings is 4. The summed E-state index contributed by atoms with van der Waals surface area (Å²) in [5, 5.41) is 2.77. The number of methoxy groups -OCH3 is 1. The molecule has 32 heavy (non-hydrogen) atoms. The van der Waals surface area contributed by atoms with Gasteiger partial charge in [0.15, 0.2) is 0 Å². The highest BCUT2D eigenvalue weighted by Crippen LogP contribution is 2.12. The van der Waals surface area contributed by atoms with E-state index in [0.717, 1.165) is 32.4 Å². The molecule has 4 aromatic rings. The van der Waals surface area contributed by atoms with Gasteiger partial charge in [0.25, 0.3) is 8.32 Å². The van der Waals surface area contributed by atoms with Crippen LogP contribution in [0.3, 0.4) is 0 Å². The fraction of sp³-hybridized carbons (Fsp3) is 0.0345. The number of hydrogen-bond donors (Lipinski definition) is 1. The average Bonchev–Trinajstić information content (AvgIpc) is 2.88. The van der Waals surface area contributed by atoms with Crippen molar-refractivity contribution in [2.24, 2.45) is 0 Å². The fourth-order valence-corrected chi connectivity index (χ4v) is 6.89. The van der Waals surface area contributed by atoms with E-state index in [0.29, 0.717) is 0 Å². The van der Waals surface area contributed by atoms with E-state index in [1.54, 1.807) is 7.11 Å². The third kappa shape index (κ3) is 4.57. The van der Waals surface area contributed by atoms with Gasteiger partial charge in [0.05, 0.1) is 7.11 Å². The van der Waals surface area contributed by atoms with Gasteiger partial charge in [-0.2, -0.15) is 0 Å². The van der Waals surface area contributed by atoms with Crippen LogP contribution in [0.25, 0.3) is 6.08 Å². The van der Waals surface area contributed by atoms with Crippen molar-refractivity contribution in [1.82, 2.24) is 0 Å². The molecule has 0 spiro atoms. The maximum Gasteiger partial charge on any atom is 0.286 e. The topological polar surface area (TPSA) is 29.5 Å². The van der Waals surface area contributed by atoms with Crippen molar-refractivity contribution < 1.29 is 9.53 Å². The van der Waals surface area contributed by atoms with Gasteiger partial charge >= 0.3 is 0 Å². The summed E-state index contributed by atoms with van der Waals surface area (Å²) < 4.78 is 5.20. The van der Waals surface area contributed by atoms with Crippen molar-refractivity contribution in [1.29, 1.82) is 0 Å². The van der Waals surface area contributed by atoms with Gasteiger partial charge in [0.1, 0.15) is 5.75 Å². The van der Waals surface area contributed by atoms with Crippen LogP contribution in [0.2, 0.25) is 0 Å². The Balaban J connectivity index is 1.73. The second-order valence-electron chi connectivity index (χ2n) is 7.36. The van der Waals surface area contributed by atoms with Gasteiger partial charge in [0, 0.05) is 5.56 Å². The molecular formula is C29H24O2Si. The van der Waals surface area contributed by atoms with Gasteiger partial charge in [-0.25, -0.2) is 0 Å². The summed E-state index contributed by atoms with van der Waals surface area (Å²) >= 11 is 0. The van der Waals surface area contributed by atoms with Gasteiger partial charge in [-0.15, -0.1) is 0 Å². The lowest BCUT2D eigenvalue weighted by Crippen LogP contribution is -2.68. The Morgan fingerprint density at radius 2 is 1.28 bits per heavy atom. The van der Waals surface area contributed by atoms with E-state index in [9.17, 15) is 4.80 Å². The Bertz CT molecular complexity index is 1210. The smallest absolute Gasteiger partial charge is 0.286 e. The lowest BCUT2D eigenvalue weighted by molar-refractivity contribution is 0.415. The minimum absolute atomic E-state index is 0.827. The second-order valence-corrected chi connectivity index (χ2v) is 10.5. The number of allylic oxidation sites excluding steroid dienone is 1. The van der Waals surface area contributed by atoms with Gasteiger partial charge < -0.3 is 9.53 Å². The fourth-order valence-electron chi connectivity index (χ4n) is 3.72. The van der Waals surface area contributed by atoms with Crippen LogP contribution in [0.4, 0.5) is 0 Å². The molecule has 1 N–H and O–H groups in total. The lowest BCUT2D eigenvalue weighted by atomic mass is 10.2. The van der Waals surface area contributed by atoms with E-state index in [1.165, 1.54) is 0 Å². The molecule has 4 rings (SSSR count). The molecule has 0 unspecified atom stereocenters. The first-order valence-electron chi connectivity index (χ1n) is 10.5. The molecule has 156 valence electrons. The van der Waals surface area contributed by atoms with Crippen molar-refractivity contribution in [3.8, 4) is 17.6 Å². The molecule has 0 aliphatic carbocycles. The summed E-state index contributed by atoms with van der Waals surface area (Å²) in [5.41, 5.74) is 1.89. The van der Waals surface area contributed by atoms with Gasteiger partial charge in [-0.1, -0.05) is 103 Å². The Labute approximate surface area is 190 Å². The zero-order valence-electron chi connectivity index (χ0n) is 17.9. The van der Waals surface area contributed by atoms with Crippen molar-refractivity contribution in [2.45, 2.75) is 0 Å². The summed E-state index contributed by atoms with van der Waals surface area (Å²) in [5.74, 6) is 7.24. The van der Waals surface area contributed by atoms with Crippen LogP contribution >= 0.6 is 0 Å². The summed E-state index contributed by atoms with van der Waals surface area (Å²) in [4.78, 5) is 12.2. The highest BCUT2D eigenvalue weighted by atomic mass is 28.4. The molecule has 2 nitrogen and oxygen atoms in total. The second kappa shape index (κ2) is 9.98. The highest BCUT2D eigenvalue weighted by molar-refractivity contribution is 7.06. The van der Waals surface area contributed by atoms with Crippen LogP contribution in [-0.2, 0) is 0 Å². The van der Waals surface area contributed by atoms with Crippen LogP contribution in [-0.4, -0.2) is 20.2 Å². The maximum absolute atomic E-state index is 12.2. The molecule has 0 bridgehead atoms. The Morgan fingerprint density at radius 3 is 1.88 bits per heavy atom. The molecule has 0 radical (unpaired) electrons. The van der Waals surface area contributed by atoms with Crippen LogP contribution in [0.15, 0.2) is 115 Å². The predicted molar refractivity (Wildman–Crippen MR) is 135 cm³/mol. The minimum atomic E-state index is -3.20. The average molecular weight is 433 g/mol. The van der Waals surface area contributed by atoms with Crippen LogP contribution in [0.5, 0.6) is 5.75 Å². The first kappa shape index (κ1) is 21.4. The molecule has 0 heterocycles. The summed E-state index contributed by atoms with van der Waals surface area (Å²) in [6.45, 7) is 0. The molecule has 4 aromatic carbocycles. The van der Waals surface area contributed by atoms with E-state index in [2.05, 4.69) is 11.8 Å². The first-order valence-corrected chi connectivity index (χ1v) is 12.4. The van der Waals surface area contributed by atoms with Gasteiger partial charge in [-0.05, 0) is 51.5 Å². The molecule has 0 saturated carbocycles. The zero-order chi connectivity index (χ0) is 22.2. The lowest BCUT2D eigenvalue weighted by Gasteiger charge is -2.28. The van der Waals surface area contributed by atoms with Crippen molar-refractivity contribution >= 4 is 30.0 Å². The Kier molecular flexibility index (Phi) is 6.67. The number of rotatable bonds is 5. The molecule has 0 atom stereocenters. The molecule has 0 aliphatic rings. The maximum atomic E-state index is 12.2. The van der Waals surface area contributed by atoms with Gasteiger partial charge in [0.2, 0.25) is 0 Å². The number of hydrogen-bond acceptors (Lipinski definition) is 2. The monoisotopic (exact) mass is 432 g/mol. The molecular weight excluding hydrogens is 408 g/mol. The Hall–Kier alpha value is -3.84. The van der Waals surface area contributed by atoms with E-state index in [4.69, 9.17) is 4.74 Å². The summed E-state index contributed by atoms with van der Waals surface area (Å²) in [7, 11) is -1.54. The van der Waals surface area contributed by atoms with E-state index < -0.39 is 8.32 Å². The molecule has 0 aromatic heterocycles. The minimum Gasteiger partial charge on any atom is -0.497 e. The van der Waals surface area contributed by atoms with Crippen molar-refractivity contribution in [3.05, 3.63) is 126 Å². The van der Waals surface area contributed by atoms with Crippen LogP contribution in [0, 0.1) is 11.8 Å². The largest absolute Gasteiger partial charge is 0.497 e. The van der Waals surface area contributed by atoms with E-state index >= 15 is 0 Å². The normalized spacial score (nSPS) is 11.1. The molecule has 0 amide bonds. The van der Waals surface area contributed by atoms with Crippen LogP contribution < -0.4 is 20.3 Å². The molecule has 3 heteroatoms. The highest BCUT2D eigenvalue weighted by Gasteiger charge is 2.39. The molecule has 0 saturated heterocycles. The zero-order valence-corrected chi connectivity index (χ0v) is 18.9. The molecule has 0 fully saturated rings. The standard InChI is InChI=1S/C29H24O2Si/c1-31-26-22-20-24(21-23-26)12-8-9-13-25-14-10-11-19-29(25)32(30,27-15-4-2-5-16-27)28-17-6-3-7-18-28/h2-8,10-12,14-23,30H,1H3/b12-8+. The third-order valence-electron chi connectivity index (χ3n) is 5.38. The quantitative estimate of drug-likeness (QED) is 0.296. The predicted octanol–water partition coefficient (Wildman–Crippen LogP) is 3.72. The number of ether oxygens (including phenoxy) is 1. The molecule has 0 aliphatic heterocycles.